The first kappa shape index (κ1) is 16.6. The second-order valence-electron chi connectivity index (χ2n) is 6.30. The molecule has 0 radical (unpaired) electrons. The van der Waals surface area contributed by atoms with Gasteiger partial charge in [0.25, 0.3) is 0 Å². The van der Waals surface area contributed by atoms with Gasteiger partial charge in [0.2, 0.25) is 11.8 Å². The number of aryl methyl sites for hydroxylation is 2. The minimum Gasteiger partial charge on any atom is -0.355 e. The van der Waals surface area contributed by atoms with Crippen LogP contribution in [0.1, 0.15) is 36.2 Å². The highest BCUT2D eigenvalue weighted by atomic mass is 16.5. The fourth-order valence-corrected chi connectivity index (χ4v) is 3.05. The van der Waals surface area contributed by atoms with Gasteiger partial charge < -0.3 is 9.84 Å². The molecule has 1 N–H and O–H groups in total. The van der Waals surface area contributed by atoms with Crippen molar-refractivity contribution in [2.45, 2.75) is 45.7 Å². The SMILES string of the molecule is Cc1noc(CCCNC(=O)[C@@H](C)N2CCc3ccccc3C2)n1. The van der Waals surface area contributed by atoms with Crippen molar-refractivity contribution in [3.8, 4) is 0 Å². The molecule has 24 heavy (non-hydrogen) atoms. The molecule has 1 aromatic carbocycles. The molecule has 2 aromatic rings. The van der Waals surface area contributed by atoms with E-state index in [4.69, 9.17) is 4.52 Å². The first-order valence-corrected chi connectivity index (χ1v) is 8.51. The molecule has 128 valence electrons. The normalized spacial score (nSPS) is 15.8. The van der Waals surface area contributed by atoms with Crippen LogP contribution in [0.3, 0.4) is 0 Å². The van der Waals surface area contributed by atoms with E-state index in [0.29, 0.717) is 24.7 Å². The number of fused-ring (bicyclic) bond motifs is 1. The van der Waals surface area contributed by atoms with Gasteiger partial charge in [-0.3, -0.25) is 9.69 Å². The largest absolute Gasteiger partial charge is 0.355 e. The molecule has 1 aliphatic heterocycles. The second-order valence-corrected chi connectivity index (χ2v) is 6.30. The first-order chi connectivity index (χ1) is 11.6. The van der Waals surface area contributed by atoms with Gasteiger partial charge in [-0.1, -0.05) is 29.4 Å². The molecule has 0 unspecified atom stereocenters. The van der Waals surface area contributed by atoms with Crippen LogP contribution in [0.4, 0.5) is 0 Å². The van der Waals surface area contributed by atoms with Crippen LogP contribution in [0, 0.1) is 6.92 Å². The number of benzene rings is 1. The molecule has 0 saturated heterocycles. The molecular weight excluding hydrogens is 304 g/mol. The van der Waals surface area contributed by atoms with Crippen LogP contribution in [-0.4, -0.2) is 40.1 Å². The highest BCUT2D eigenvalue weighted by Crippen LogP contribution is 2.20. The average Bonchev–Trinajstić information content (AvgIpc) is 3.02. The number of carbonyl (C=O) groups is 1. The molecule has 2 heterocycles. The summed E-state index contributed by atoms with van der Waals surface area (Å²) in [6, 6.07) is 8.35. The van der Waals surface area contributed by atoms with E-state index in [1.807, 2.05) is 6.92 Å². The molecule has 6 heteroatoms. The summed E-state index contributed by atoms with van der Waals surface area (Å²) in [5.41, 5.74) is 2.73. The lowest BCUT2D eigenvalue weighted by atomic mass is 9.99. The van der Waals surface area contributed by atoms with Crippen molar-refractivity contribution in [2.75, 3.05) is 13.1 Å². The summed E-state index contributed by atoms with van der Waals surface area (Å²) in [6.45, 7) is 6.16. The Morgan fingerprint density at radius 2 is 2.17 bits per heavy atom. The zero-order valence-corrected chi connectivity index (χ0v) is 14.3. The summed E-state index contributed by atoms with van der Waals surface area (Å²) in [5.74, 6) is 1.35. The van der Waals surface area contributed by atoms with Crippen molar-refractivity contribution in [3.63, 3.8) is 0 Å². The summed E-state index contributed by atoms with van der Waals surface area (Å²) in [7, 11) is 0. The lowest BCUT2D eigenvalue weighted by Gasteiger charge is -2.32. The molecule has 1 atom stereocenters. The number of carbonyl (C=O) groups excluding carboxylic acids is 1. The van der Waals surface area contributed by atoms with Gasteiger partial charge in [0.15, 0.2) is 5.82 Å². The van der Waals surface area contributed by atoms with Crippen molar-refractivity contribution in [1.29, 1.82) is 0 Å². The number of nitrogens with one attached hydrogen (secondary N) is 1. The minimum atomic E-state index is -0.121. The van der Waals surface area contributed by atoms with Crippen molar-refractivity contribution < 1.29 is 9.32 Å². The number of rotatable bonds is 6. The minimum absolute atomic E-state index is 0.0797. The zero-order valence-electron chi connectivity index (χ0n) is 14.3. The van der Waals surface area contributed by atoms with Crippen LogP contribution < -0.4 is 5.32 Å². The fraction of sp³-hybridized carbons (Fsp3) is 0.500. The molecule has 0 saturated carbocycles. The van der Waals surface area contributed by atoms with E-state index in [0.717, 1.165) is 25.9 Å². The third-order valence-corrected chi connectivity index (χ3v) is 4.52. The Bertz CT molecular complexity index is 698. The van der Waals surface area contributed by atoms with Crippen LogP contribution in [0.25, 0.3) is 0 Å². The van der Waals surface area contributed by atoms with Gasteiger partial charge in [-0.15, -0.1) is 0 Å². The topological polar surface area (TPSA) is 71.3 Å². The monoisotopic (exact) mass is 328 g/mol. The summed E-state index contributed by atoms with van der Waals surface area (Å²) in [4.78, 5) is 18.8. The Balaban J connectivity index is 1.43. The van der Waals surface area contributed by atoms with Gasteiger partial charge >= 0.3 is 0 Å². The molecule has 0 aliphatic carbocycles. The van der Waals surface area contributed by atoms with Crippen LogP contribution in [0.15, 0.2) is 28.8 Å². The fourth-order valence-electron chi connectivity index (χ4n) is 3.05. The summed E-state index contributed by atoms with van der Waals surface area (Å²) >= 11 is 0. The summed E-state index contributed by atoms with van der Waals surface area (Å²) in [5, 5.41) is 6.77. The van der Waals surface area contributed by atoms with E-state index in [1.54, 1.807) is 6.92 Å². The van der Waals surface area contributed by atoms with E-state index in [9.17, 15) is 4.79 Å². The maximum absolute atomic E-state index is 12.4. The number of nitrogens with zero attached hydrogens (tertiary/aromatic N) is 3. The third-order valence-electron chi connectivity index (χ3n) is 4.52. The Hall–Kier alpha value is -2.21. The predicted octanol–water partition coefficient (Wildman–Crippen LogP) is 1.87. The van der Waals surface area contributed by atoms with Crippen molar-refractivity contribution in [1.82, 2.24) is 20.4 Å². The molecule has 1 aliphatic rings. The number of hydrogen-bond acceptors (Lipinski definition) is 5. The zero-order chi connectivity index (χ0) is 16.9. The standard InChI is InChI=1S/C18H24N4O2/c1-13(22-11-9-15-6-3-4-7-16(15)12-22)18(23)19-10-5-8-17-20-14(2)21-24-17/h3-4,6-7,13H,5,8-12H2,1-2H3,(H,19,23)/t13-/m1/s1. The van der Waals surface area contributed by atoms with E-state index < -0.39 is 0 Å². The predicted molar refractivity (Wildman–Crippen MR) is 90.4 cm³/mol. The molecular formula is C18H24N4O2. The smallest absolute Gasteiger partial charge is 0.237 e. The van der Waals surface area contributed by atoms with Crippen LogP contribution >= 0.6 is 0 Å². The summed E-state index contributed by atoms with van der Waals surface area (Å²) in [6.07, 6.45) is 2.49. The number of aromatic nitrogens is 2. The van der Waals surface area contributed by atoms with E-state index >= 15 is 0 Å². The Labute approximate surface area is 142 Å². The van der Waals surface area contributed by atoms with Gasteiger partial charge in [-0.2, -0.15) is 4.98 Å². The van der Waals surface area contributed by atoms with Crippen LogP contribution in [0.2, 0.25) is 0 Å². The van der Waals surface area contributed by atoms with Gasteiger partial charge in [0, 0.05) is 26.1 Å². The molecule has 0 spiro atoms. The molecule has 6 nitrogen and oxygen atoms in total. The van der Waals surface area contributed by atoms with Crippen molar-refractivity contribution >= 4 is 5.91 Å². The molecule has 3 rings (SSSR count). The van der Waals surface area contributed by atoms with Gasteiger partial charge in [0.05, 0.1) is 6.04 Å². The lowest BCUT2D eigenvalue weighted by molar-refractivity contribution is -0.126. The van der Waals surface area contributed by atoms with E-state index in [1.165, 1.54) is 11.1 Å². The lowest BCUT2D eigenvalue weighted by Crippen LogP contribution is -2.47. The third kappa shape index (κ3) is 4.00. The highest BCUT2D eigenvalue weighted by Gasteiger charge is 2.24. The maximum Gasteiger partial charge on any atom is 0.237 e. The van der Waals surface area contributed by atoms with E-state index in [2.05, 4.69) is 44.6 Å². The second kappa shape index (κ2) is 7.57. The molecule has 0 fully saturated rings. The molecule has 0 bridgehead atoms. The Morgan fingerprint density at radius 3 is 2.92 bits per heavy atom. The van der Waals surface area contributed by atoms with Crippen molar-refractivity contribution in [2.24, 2.45) is 0 Å². The van der Waals surface area contributed by atoms with Gasteiger partial charge in [-0.05, 0) is 37.8 Å². The Kier molecular flexibility index (Phi) is 5.25. The number of hydrogen-bond donors (Lipinski definition) is 1. The quantitative estimate of drug-likeness (QED) is 0.820. The molecule has 1 aromatic heterocycles. The Morgan fingerprint density at radius 1 is 1.38 bits per heavy atom. The van der Waals surface area contributed by atoms with Gasteiger partial charge in [0.1, 0.15) is 0 Å². The maximum atomic E-state index is 12.4. The number of amides is 1. The first-order valence-electron chi connectivity index (χ1n) is 8.51. The van der Waals surface area contributed by atoms with Crippen LogP contribution in [-0.2, 0) is 24.2 Å². The van der Waals surface area contributed by atoms with Crippen LogP contribution in [0.5, 0.6) is 0 Å². The van der Waals surface area contributed by atoms with Crippen molar-refractivity contribution in [3.05, 3.63) is 47.1 Å². The summed E-state index contributed by atoms with van der Waals surface area (Å²) < 4.78 is 5.07. The van der Waals surface area contributed by atoms with Gasteiger partial charge in [-0.25, -0.2) is 0 Å². The highest BCUT2D eigenvalue weighted by molar-refractivity contribution is 5.81. The molecule has 1 amide bonds. The van der Waals surface area contributed by atoms with E-state index in [-0.39, 0.29) is 11.9 Å². The average molecular weight is 328 g/mol.